The van der Waals surface area contributed by atoms with E-state index in [1.165, 1.54) is 18.5 Å². The molecule has 8 nitrogen and oxygen atoms in total. The zero-order valence-electron chi connectivity index (χ0n) is 21.7. The third-order valence-corrected chi connectivity index (χ3v) is 6.06. The van der Waals surface area contributed by atoms with Gasteiger partial charge in [-0.25, -0.2) is 4.79 Å². The molecule has 4 rings (SSSR count). The van der Waals surface area contributed by atoms with Gasteiger partial charge in [-0.3, -0.25) is 14.6 Å². The Kier molecular flexibility index (Phi) is 8.68. The Balaban J connectivity index is 1.42. The largest absolute Gasteiger partial charge is 0.508 e. The molecule has 8 heteroatoms. The van der Waals surface area contributed by atoms with Crippen LogP contribution in [0.15, 0.2) is 85.2 Å². The summed E-state index contributed by atoms with van der Waals surface area (Å²) in [7, 11) is 0. The molecule has 1 aromatic heterocycles. The standard InChI is InChI=1S/C31H29N3O5/c1-3-4-15-39-31(38)25-16-24(18-32-19-25)30(37)33-26-12-5-20(2)28(17-26)34-29(36)23-8-6-21(7-9-23)22-10-13-27(35)14-11-22/h5-14,16-19,35H,3-4,15H2,1-2H3,(H,33,37)(H,34,36). The number of esters is 1. The monoisotopic (exact) mass is 523 g/mol. The Morgan fingerprint density at radius 2 is 1.44 bits per heavy atom. The number of hydrogen-bond donors (Lipinski definition) is 3. The topological polar surface area (TPSA) is 118 Å². The summed E-state index contributed by atoms with van der Waals surface area (Å²) < 4.78 is 5.20. The van der Waals surface area contributed by atoms with Crippen LogP contribution in [0.1, 0.15) is 56.4 Å². The smallest absolute Gasteiger partial charge is 0.339 e. The number of aromatic hydroxyl groups is 1. The van der Waals surface area contributed by atoms with Gasteiger partial charge in [0.2, 0.25) is 0 Å². The van der Waals surface area contributed by atoms with Crippen LogP contribution in [0.2, 0.25) is 0 Å². The molecule has 0 saturated carbocycles. The molecule has 2 amide bonds. The van der Waals surface area contributed by atoms with Gasteiger partial charge in [-0.2, -0.15) is 0 Å². The van der Waals surface area contributed by atoms with Gasteiger partial charge in [0.1, 0.15) is 5.75 Å². The van der Waals surface area contributed by atoms with Crippen LogP contribution >= 0.6 is 0 Å². The zero-order valence-corrected chi connectivity index (χ0v) is 21.7. The molecule has 0 unspecified atom stereocenters. The van der Waals surface area contributed by atoms with Gasteiger partial charge < -0.3 is 20.5 Å². The van der Waals surface area contributed by atoms with Crippen molar-refractivity contribution >= 4 is 29.2 Å². The van der Waals surface area contributed by atoms with Crippen LogP contribution in [-0.2, 0) is 4.74 Å². The Labute approximate surface area is 226 Å². The molecule has 0 aliphatic carbocycles. The number of benzene rings is 3. The van der Waals surface area contributed by atoms with E-state index in [2.05, 4.69) is 15.6 Å². The predicted octanol–water partition coefficient (Wildman–Crippen LogP) is 6.22. The molecule has 1 heterocycles. The first-order valence-electron chi connectivity index (χ1n) is 12.6. The molecule has 0 atom stereocenters. The second-order valence-corrected chi connectivity index (χ2v) is 9.01. The Morgan fingerprint density at radius 1 is 0.795 bits per heavy atom. The van der Waals surface area contributed by atoms with Crippen molar-refractivity contribution in [3.8, 4) is 16.9 Å². The minimum atomic E-state index is -0.526. The molecule has 0 bridgehead atoms. The van der Waals surface area contributed by atoms with Crippen molar-refractivity contribution in [1.82, 2.24) is 4.98 Å². The van der Waals surface area contributed by atoms with E-state index in [1.54, 1.807) is 54.6 Å². The van der Waals surface area contributed by atoms with Crippen LogP contribution in [0, 0.1) is 6.92 Å². The first-order chi connectivity index (χ1) is 18.8. The maximum atomic E-state index is 12.9. The van der Waals surface area contributed by atoms with Gasteiger partial charge in [-0.15, -0.1) is 0 Å². The molecule has 39 heavy (non-hydrogen) atoms. The number of aryl methyl sites for hydroxylation is 1. The SMILES string of the molecule is CCCCOC(=O)c1cncc(C(=O)Nc2ccc(C)c(NC(=O)c3ccc(-c4ccc(O)cc4)cc3)c2)c1. The highest BCUT2D eigenvalue weighted by Crippen LogP contribution is 2.24. The summed E-state index contributed by atoms with van der Waals surface area (Å²) in [4.78, 5) is 42.0. The molecule has 0 spiro atoms. The lowest BCUT2D eigenvalue weighted by Gasteiger charge is -2.12. The van der Waals surface area contributed by atoms with E-state index in [0.717, 1.165) is 29.5 Å². The number of amides is 2. The van der Waals surface area contributed by atoms with Crippen molar-refractivity contribution in [2.45, 2.75) is 26.7 Å². The van der Waals surface area contributed by atoms with E-state index >= 15 is 0 Å². The molecule has 4 aromatic rings. The average molecular weight is 524 g/mol. The van der Waals surface area contributed by atoms with Gasteiger partial charge in [0.25, 0.3) is 11.8 Å². The molecule has 0 aliphatic heterocycles. The van der Waals surface area contributed by atoms with Crippen molar-refractivity contribution < 1.29 is 24.2 Å². The predicted molar refractivity (Wildman–Crippen MR) is 150 cm³/mol. The number of phenolic OH excluding ortho intramolecular Hbond substituents is 1. The molecular weight excluding hydrogens is 494 g/mol. The summed E-state index contributed by atoms with van der Waals surface area (Å²) >= 11 is 0. The van der Waals surface area contributed by atoms with Crippen LogP contribution in [0.3, 0.4) is 0 Å². The normalized spacial score (nSPS) is 10.5. The Morgan fingerprint density at radius 3 is 2.13 bits per heavy atom. The highest BCUT2D eigenvalue weighted by molar-refractivity contribution is 6.07. The number of carbonyl (C=O) groups excluding carboxylic acids is 3. The van der Waals surface area contributed by atoms with E-state index in [9.17, 15) is 19.5 Å². The lowest BCUT2D eigenvalue weighted by molar-refractivity contribution is 0.0499. The van der Waals surface area contributed by atoms with Gasteiger partial charge in [-0.1, -0.05) is 43.7 Å². The third kappa shape index (κ3) is 7.07. The highest BCUT2D eigenvalue weighted by atomic mass is 16.5. The quantitative estimate of drug-likeness (QED) is 0.177. The van der Waals surface area contributed by atoms with Crippen LogP contribution in [-0.4, -0.2) is 34.5 Å². The number of rotatable bonds is 9. The number of aromatic nitrogens is 1. The minimum Gasteiger partial charge on any atom is -0.508 e. The lowest BCUT2D eigenvalue weighted by atomic mass is 10.0. The fourth-order valence-corrected chi connectivity index (χ4v) is 3.77. The van der Waals surface area contributed by atoms with Gasteiger partial charge in [0, 0.05) is 29.3 Å². The number of pyridine rings is 1. The van der Waals surface area contributed by atoms with Crippen LogP contribution in [0.5, 0.6) is 5.75 Å². The molecule has 198 valence electrons. The number of anilines is 2. The second-order valence-electron chi connectivity index (χ2n) is 9.01. The van der Waals surface area contributed by atoms with Crippen molar-refractivity contribution in [2.24, 2.45) is 0 Å². The van der Waals surface area contributed by atoms with Crippen LogP contribution in [0.4, 0.5) is 11.4 Å². The summed E-state index contributed by atoms with van der Waals surface area (Å²) in [5.74, 6) is -1.08. The van der Waals surface area contributed by atoms with E-state index in [1.807, 2.05) is 26.0 Å². The van der Waals surface area contributed by atoms with Crippen LogP contribution in [0.25, 0.3) is 11.1 Å². The summed E-state index contributed by atoms with van der Waals surface area (Å²) in [6, 6.07) is 20.6. The van der Waals surface area contributed by atoms with Crippen molar-refractivity contribution in [3.63, 3.8) is 0 Å². The first kappa shape index (κ1) is 27.1. The Hall–Kier alpha value is -4.98. The van der Waals surface area contributed by atoms with Crippen LogP contribution < -0.4 is 10.6 Å². The zero-order chi connectivity index (χ0) is 27.8. The van der Waals surface area contributed by atoms with Gasteiger partial charge in [0.05, 0.1) is 17.7 Å². The van der Waals surface area contributed by atoms with E-state index in [0.29, 0.717) is 23.5 Å². The highest BCUT2D eigenvalue weighted by Gasteiger charge is 2.14. The summed E-state index contributed by atoms with van der Waals surface area (Å²) in [5, 5.41) is 15.2. The number of nitrogens with one attached hydrogen (secondary N) is 2. The first-order valence-corrected chi connectivity index (χ1v) is 12.6. The second kappa shape index (κ2) is 12.5. The van der Waals surface area contributed by atoms with Gasteiger partial charge in [-0.05, 0) is 72.5 Å². The van der Waals surface area contributed by atoms with Crippen molar-refractivity contribution in [2.75, 3.05) is 17.2 Å². The fourth-order valence-electron chi connectivity index (χ4n) is 3.77. The fraction of sp³-hybridized carbons (Fsp3) is 0.161. The maximum absolute atomic E-state index is 12.9. The van der Waals surface area contributed by atoms with Crippen molar-refractivity contribution in [3.05, 3.63) is 107 Å². The number of unbranched alkanes of at least 4 members (excludes halogenated alkanes) is 1. The summed E-state index contributed by atoms with van der Waals surface area (Å²) in [5.41, 5.74) is 4.56. The van der Waals surface area contributed by atoms with E-state index in [-0.39, 0.29) is 22.8 Å². The number of ether oxygens (including phenoxy) is 1. The number of hydrogen-bond acceptors (Lipinski definition) is 6. The number of nitrogens with zero attached hydrogens (tertiary/aromatic N) is 1. The third-order valence-electron chi connectivity index (χ3n) is 6.06. The number of phenols is 1. The maximum Gasteiger partial charge on any atom is 0.339 e. The Bertz CT molecular complexity index is 1480. The summed E-state index contributed by atoms with van der Waals surface area (Å²) in [6.07, 6.45) is 4.40. The number of carbonyl (C=O) groups is 3. The van der Waals surface area contributed by atoms with E-state index < -0.39 is 11.9 Å². The molecule has 0 aliphatic rings. The molecule has 0 radical (unpaired) electrons. The van der Waals surface area contributed by atoms with E-state index in [4.69, 9.17) is 4.74 Å². The molecular formula is C31H29N3O5. The van der Waals surface area contributed by atoms with Crippen molar-refractivity contribution in [1.29, 1.82) is 0 Å². The lowest BCUT2D eigenvalue weighted by Crippen LogP contribution is -2.16. The molecule has 0 fully saturated rings. The average Bonchev–Trinajstić information content (AvgIpc) is 2.95. The minimum absolute atomic E-state index is 0.191. The molecule has 3 aromatic carbocycles. The van der Waals surface area contributed by atoms with Gasteiger partial charge in [0.15, 0.2) is 0 Å². The molecule has 3 N–H and O–H groups in total. The molecule has 0 saturated heterocycles. The summed E-state index contributed by atoms with van der Waals surface area (Å²) in [6.45, 7) is 4.17. The van der Waals surface area contributed by atoms with Gasteiger partial charge >= 0.3 is 5.97 Å².